The van der Waals surface area contributed by atoms with Gasteiger partial charge in [0.25, 0.3) is 5.91 Å². The molecule has 4 aromatic rings. The van der Waals surface area contributed by atoms with Gasteiger partial charge in [0.15, 0.2) is 11.5 Å². The van der Waals surface area contributed by atoms with Gasteiger partial charge in [0.2, 0.25) is 0 Å². The second-order valence-corrected chi connectivity index (χ2v) is 9.85. The van der Waals surface area contributed by atoms with Crippen molar-refractivity contribution in [3.63, 3.8) is 0 Å². The molecular formula is C28H29N5O3S. The van der Waals surface area contributed by atoms with Gasteiger partial charge in [-0.1, -0.05) is 44.2 Å². The van der Waals surface area contributed by atoms with E-state index in [1.54, 1.807) is 14.2 Å². The molecule has 0 aliphatic rings. The van der Waals surface area contributed by atoms with Gasteiger partial charge >= 0.3 is 0 Å². The number of carbonyl (C=O) groups is 1. The lowest BCUT2D eigenvalue weighted by Crippen LogP contribution is -2.25. The fourth-order valence-electron chi connectivity index (χ4n) is 4.21. The summed E-state index contributed by atoms with van der Waals surface area (Å²) in [7, 11) is 3.17. The number of hydrogen-bond acceptors (Lipinski definition) is 8. The van der Waals surface area contributed by atoms with Crippen LogP contribution < -0.4 is 26.3 Å². The Morgan fingerprint density at radius 3 is 2.43 bits per heavy atom. The second-order valence-electron chi connectivity index (χ2n) is 8.86. The average molecular weight is 516 g/mol. The Balaban J connectivity index is 1.64. The van der Waals surface area contributed by atoms with Gasteiger partial charge in [-0.15, -0.1) is 11.3 Å². The van der Waals surface area contributed by atoms with Crippen LogP contribution in [-0.4, -0.2) is 31.7 Å². The van der Waals surface area contributed by atoms with Gasteiger partial charge in [-0.2, -0.15) is 5.26 Å². The summed E-state index contributed by atoms with van der Waals surface area (Å²) in [5.41, 5.74) is 16.7. The van der Waals surface area contributed by atoms with Gasteiger partial charge in [0.05, 0.1) is 19.9 Å². The topological polar surface area (TPSA) is 136 Å². The lowest BCUT2D eigenvalue weighted by atomic mass is 9.94. The Hall–Kier alpha value is -4.29. The third kappa shape index (κ3) is 5.01. The minimum Gasteiger partial charge on any atom is -0.493 e. The molecule has 0 saturated carbocycles. The second kappa shape index (κ2) is 10.8. The third-order valence-electron chi connectivity index (χ3n) is 6.24. The molecule has 0 aliphatic carbocycles. The van der Waals surface area contributed by atoms with Crippen LogP contribution in [0.15, 0.2) is 42.5 Å². The van der Waals surface area contributed by atoms with E-state index in [1.165, 1.54) is 16.9 Å². The highest BCUT2D eigenvalue weighted by molar-refractivity contribution is 7.21. The monoisotopic (exact) mass is 515 g/mol. The molecule has 0 bridgehead atoms. The van der Waals surface area contributed by atoms with Gasteiger partial charge in [0, 0.05) is 17.5 Å². The smallest absolute Gasteiger partial charge is 0.263 e. The van der Waals surface area contributed by atoms with Gasteiger partial charge in [-0.05, 0) is 41.2 Å². The van der Waals surface area contributed by atoms with E-state index in [4.69, 9.17) is 20.9 Å². The van der Waals surface area contributed by atoms with Crippen molar-refractivity contribution in [1.82, 2.24) is 10.3 Å². The van der Waals surface area contributed by atoms with Crippen LogP contribution in [0, 0.1) is 11.3 Å². The maximum atomic E-state index is 13.1. The van der Waals surface area contributed by atoms with Gasteiger partial charge in [-0.3, -0.25) is 4.79 Å². The first-order valence-electron chi connectivity index (χ1n) is 11.8. The highest BCUT2D eigenvalue weighted by Gasteiger charge is 2.24. The summed E-state index contributed by atoms with van der Waals surface area (Å²) in [5.74, 6) is 1.45. The minimum absolute atomic E-state index is 0.111. The molecule has 0 aliphatic heterocycles. The Bertz CT molecular complexity index is 1500. The number of nitrogen functional groups attached to an aromatic ring is 2. The summed E-state index contributed by atoms with van der Waals surface area (Å²) in [6.45, 7) is 4.63. The standard InChI is InChI=1S/C28H29N5O3S/c1-15(2)17-6-8-18(9-7-17)22-19(14-29)26(31)33-28-23(22)24(30)25(37-28)27(34)32-12-11-16-5-10-20(35-3)21(13-16)36-4/h5-10,13,15H,11-12,30H2,1-4H3,(H2,31,33)(H,32,34). The zero-order chi connectivity index (χ0) is 26.7. The van der Waals surface area contributed by atoms with Crippen LogP contribution in [-0.2, 0) is 6.42 Å². The van der Waals surface area contributed by atoms with Gasteiger partial charge in [-0.25, -0.2) is 4.98 Å². The molecule has 0 radical (unpaired) electrons. The number of methoxy groups -OCH3 is 2. The number of aromatic nitrogens is 1. The fraction of sp³-hybridized carbons (Fsp3) is 0.250. The van der Waals surface area contributed by atoms with Crippen LogP contribution in [0.25, 0.3) is 21.3 Å². The summed E-state index contributed by atoms with van der Waals surface area (Å²) in [6.07, 6.45) is 0.591. The summed E-state index contributed by atoms with van der Waals surface area (Å²) in [6, 6.07) is 15.7. The van der Waals surface area contributed by atoms with Crippen molar-refractivity contribution < 1.29 is 14.3 Å². The maximum Gasteiger partial charge on any atom is 0.263 e. The number of anilines is 2. The van der Waals surface area contributed by atoms with Crippen molar-refractivity contribution in [2.45, 2.75) is 26.2 Å². The molecule has 9 heteroatoms. The number of benzene rings is 2. The molecule has 1 amide bonds. The molecule has 4 rings (SSSR count). The highest BCUT2D eigenvalue weighted by Crippen LogP contribution is 2.42. The minimum atomic E-state index is -0.306. The average Bonchev–Trinajstić information content (AvgIpc) is 3.23. The number of carbonyl (C=O) groups excluding carboxylic acids is 1. The van der Waals surface area contributed by atoms with Crippen molar-refractivity contribution in [3.8, 4) is 28.7 Å². The van der Waals surface area contributed by atoms with Crippen molar-refractivity contribution in [1.29, 1.82) is 5.26 Å². The number of pyridine rings is 1. The number of fused-ring (bicyclic) bond motifs is 1. The van der Waals surface area contributed by atoms with Crippen molar-refractivity contribution >= 4 is 39.0 Å². The molecular weight excluding hydrogens is 486 g/mol. The van der Waals surface area contributed by atoms with Crippen LogP contribution in [0.3, 0.4) is 0 Å². The number of thiophene rings is 1. The largest absolute Gasteiger partial charge is 0.493 e. The van der Waals surface area contributed by atoms with E-state index < -0.39 is 0 Å². The number of ether oxygens (including phenoxy) is 2. The Morgan fingerprint density at radius 1 is 1.11 bits per heavy atom. The van der Waals surface area contributed by atoms with E-state index >= 15 is 0 Å². The zero-order valence-corrected chi connectivity index (χ0v) is 22.0. The molecule has 37 heavy (non-hydrogen) atoms. The van der Waals surface area contributed by atoms with E-state index in [0.717, 1.165) is 11.1 Å². The van der Waals surface area contributed by atoms with Gasteiger partial charge in [0.1, 0.15) is 27.2 Å². The molecule has 5 N–H and O–H groups in total. The van der Waals surface area contributed by atoms with Crippen molar-refractivity contribution in [3.05, 3.63) is 64.0 Å². The first kappa shape index (κ1) is 25.8. The van der Waals surface area contributed by atoms with E-state index in [-0.39, 0.29) is 23.0 Å². The van der Waals surface area contributed by atoms with Crippen LogP contribution in [0.1, 0.15) is 46.1 Å². The van der Waals surface area contributed by atoms with E-state index in [2.05, 4.69) is 30.2 Å². The molecule has 0 unspecified atom stereocenters. The van der Waals surface area contributed by atoms with Crippen LogP contribution in [0.4, 0.5) is 11.5 Å². The lowest BCUT2D eigenvalue weighted by molar-refractivity contribution is 0.0959. The highest BCUT2D eigenvalue weighted by atomic mass is 32.1. The summed E-state index contributed by atoms with van der Waals surface area (Å²) < 4.78 is 10.6. The molecule has 2 heterocycles. The fourth-order valence-corrected chi connectivity index (χ4v) is 5.24. The number of rotatable bonds is 8. The van der Waals surface area contributed by atoms with Crippen molar-refractivity contribution in [2.24, 2.45) is 0 Å². The lowest BCUT2D eigenvalue weighted by Gasteiger charge is -2.11. The number of amides is 1. The maximum absolute atomic E-state index is 13.1. The molecule has 190 valence electrons. The molecule has 0 atom stereocenters. The number of nitrogens with two attached hydrogens (primary N) is 2. The Kier molecular flexibility index (Phi) is 7.50. The number of hydrogen-bond donors (Lipinski definition) is 3. The summed E-state index contributed by atoms with van der Waals surface area (Å²) >= 11 is 1.17. The first-order valence-corrected chi connectivity index (χ1v) is 12.6. The van der Waals surface area contributed by atoms with E-state index in [0.29, 0.717) is 51.0 Å². The third-order valence-corrected chi connectivity index (χ3v) is 7.33. The molecule has 2 aromatic carbocycles. The SMILES string of the molecule is COc1ccc(CCNC(=O)c2sc3nc(N)c(C#N)c(-c4ccc(C(C)C)cc4)c3c2N)cc1OC. The van der Waals surface area contributed by atoms with Crippen LogP contribution in [0.2, 0.25) is 0 Å². The molecule has 0 spiro atoms. The van der Waals surface area contributed by atoms with Crippen molar-refractivity contribution in [2.75, 3.05) is 32.2 Å². The predicted octanol–water partition coefficient (Wildman–Crippen LogP) is 5.11. The molecule has 0 saturated heterocycles. The predicted molar refractivity (Wildman–Crippen MR) is 148 cm³/mol. The van der Waals surface area contributed by atoms with E-state index in [1.807, 2.05) is 42.5 Å². The number of nitrogens with one attached hydrogen (secondary N) is 1. The molecule has 2 aromatic heterocycles. The molecule has 0 fully saturated rings. The normalized spacial score (nSPS) is 10.9. The Labute approximate surface area is 219 Å². The van der Waals surface area contributed by atoms with E-state index in [9.17, 15) is 10.1 Å². The number of nitrogens with zero attached hydrogens (tertiary/aromatic N) is 2. The van der Waals surface area contributed by atoms with Crippen LogP contribution >= 0.6 is 11.3 Å². The van der Waals surface area contributed by atoms with Crippen LogP contribution in [0.5, 0.6) is 11.5 Å². The first-order chi connectivity index (χ1) is 17.8. The Morgan fingerprint density at radius 2 is 1.81 bits per heavy atom. The summed E-state index contributed by atoms with van der Waals surface area (Å²) in [5, 5.41) is 13.4. The zero-order valence-electron chi connectivity index (χ0n) is 21.2. The summed E-state index contributed by atoms with van der Waals surface area (Å²) in [4.78, 5) is 18.4. The quantitative estimate of drug-likeness (QED) is 0.296. The molecule has 8 nitrogen and oxygen atoms in total. The van der Waals surface area contributed by atoms with Gasteiger partial charge < -0.3 is 26.3 Å². The number of nitriles is 1.